The molecule has 0 spiro atoms. The van der Waals surface area contributed by atoms with Gasteiger partial charge in [-0.25, -0.2) is 9.59 Å². The van der Waals surface area contributed by atoms with Crippen LogP contribution in [0.25, 0.3) is 10.9 Å². The molecule has 3 atom stereocenters. The number of benzene rings is 1. The fourth-order valence-corrected chi connectivity index (χ4v) is 5.12. The minimum atomic E-state index is -0.582. The summed E-state index contributed by atoms with van der Waals surface area (Å²) in [4.78, 5) is 34.1. The molecule has 0 aliphatic carbocycles. The zero-order valence-corrected chi connectivity index (χ0v) is 22.3. The van der Waals surface area contributed by atoms with E-state index in [0.29, 0.717) is 58.0 Å². The number of carbonyl (C=O) groups is 1. The Bertz CT molecular complexity index is 1180. The lowest BCUT2D eigenvalue weighted by molar-refractivity contribution is 0.0130. The molecule has 1 amide bonds. The molecule has 2 aliphatic heterocycles. The number of aromatic nitrogens is 2. The topological polar surface area (TPSA) is 97.1 Å². The molecule has 1 N–H and O–H groups in total. The Morgan fingerprint density at radius 2 is 2.00 bits per heavy atom. The van der Waals surface area contributed by atoms with Crippen LogP contribution >= 0.6 is 27.5 Å². The second kappa shape index (κ2) is 9.20. The SMILES string of the molecule is C[C@@H]1CN(c2nc(=O)n3c4c(c(Br)c(Cl)cc24)O[C@@H](CCO)C3)[C@@H](C)CN1C(=O)OC(C)(C)C. The van der Waals surface area contributed by atoms with Gasteiger partial charge < -0.3 is 24.4 Å². The van der Waals surface area contributed by atoms with Crippen LogP contribution in [0.1, 0.15) is 41.0 Å². The van der Waals surface area contributed by atoms with Crippen LogP contribution in [-0.4, -0.2) is 69.1 Å². The van der Waals surface area contributed by atoms with Crippen molar-refractivity contribution < 1.29 is 19.4 Å². The maximum absolute atomic E-state index is 13.2. The van der Waals surface area contributed by atoms with E-state index in [-0.39, 0.29) is 30.9 Å². The van der Waals surface area contributed by atoms with Crippen molar-refractivity contribution in [3.63, 3.8) is 0 Å². The summed E-state index contributed by atoms with van der Waals surface area (Å²) in [6.07, 6.45) is -0.334. The quantitative estimate of drug-likeness (QED) is 0.613. The lowest BCUT2D eigenvalue weighted by atomic mass is 10.1. The molecular formula is C23H30BrClN4O5. The molecule has 4 rings (SSSR count). The van der Waals surface area contributed by atoms with Crippen LogP contribution in [0.15, 0.2) is 15.3 Å². The first-order valence-electron chi connectivity index (χ1n) is 11.4. The Kier molecular flexibility index (Phi) is 6.78. The predicted octanol–water partition coefficient (Wildman–Crippen LogP) is 3.79. The smallest absolute Gasteiger partial charge is 0.410 e. The average molecular weight is 558 g/mol. The molecule has 0 unspecified atom stereocenters. The van der Waals surface area contributed by atoms with Gasteiger partial charge in [0.05, 0.1) is 16.0 Å². The largest absolute Gasteiger partial charge is 0.485 e. The first-order valence-corrected chi connectivity index (χ1v) is 12.5. The van der Waals surface area contributed by atoms with Crippen molar-refractivity contribution in [2.45, 2.75) is 71.4 Å². The number of anilines is 1. The molecule has 11 heteroatoms. The minimum absolute atomic E-state index is 0.0566. The van der Waals surface area contributed by atoms with Gasteiger partial charge in [0, 0.05) is 43.6 Å². The Morgan fingerprint density at radius 3 is 2.65 bits per heavy atom. The van der Waals surface area contributed by atoms with Crippen molar-refractivity contribution in [1.29, 1.82) is 0 Å². The molecule has 1 aromatic heterocycles. The molecule has 3 heterocycles. The summed E-state index contributed by atoms with van der Waals surface area (Å²) in [5.41, 5.74) is -0.352. The van der Waals surface area contributed by atoms with E-state index in [2.05, 4.69) is 20.9 Å². The van der Waals surface area contributed by atoms with Crippen molar-refractivity contribution in [3.8, 4) is 5.75 Å². The summed E-state index contributed by atoms with van der Waals surface area (Å²) < 4.78 is 13.9. The highest BCUT2D eigenvalue weighted by molar-refractivity contribution is 9.10. The third-order valence-corrected chi connectivity index (χ3v) is 7.42. The maximum Gasteiger partial charge on any atom is 0.410 e. The molecule has 1 saturated heterocycles. The van der Waals surface area contributed by atoms with E-state index < -0.39 is 11.3 Å². The number of nitrogens with zero attached hydrogens (tertiary/aromatic N) is 4. The summed E-state index contributed by atoms with van der Waals surface area (Å²) in [7, 11) is 0. The van der Waals surface area contributed by atoms with Crippen LogP contribution in [0.5, 0.6) is 5.75 Å². The number of rotatable bonds is 3. The third kappa shape index (κ3) is 4.59. The number of carbonyl (C=O) groups excluding carboxylic acids is 1. The fourth-order valence-electron chi connectivity index (χ4n) is 4.53. The highest BCUT2D eigenvalue weighted by Crippen LogP contribution is 2.44. The van der Waals surface area contributed by atoms with E-state index in [1.54, 1.807) is 15.5 Å². The van der Waals surface area contributed by atoms with Gasteiger partial charge in [0.25, 0.3) is 0 Å². The van der Waals surface area contributed by atoms with Gasteiger partial charge in [-0.2, -0.15) is 4.98 Å². The fraction of sp³-hybridized carbons (Fsp3) is 0.609. The highest BCUT2D eigenvalue weighted by atomic mass is 79.9. The first kappa shape index (κ1) is 25.1. The number of hydrogen-bond donors (Lipinski definition) is 1. The van der Waals surface area contributed by atoms with Crippen LogP contribution in [-0.2, 0) is 11.3 Å². The van der Waals surface area contributed by atoms with Gasteiger partial charge in [0.15, 0.2) is 5.75 Å². The molecule has 2 aromatic rings. The van der Waals surface area contributed by atoms with E-state index in [9.17, 15) is 14.7 Å². The van der Waals surface area contributed by atoms with Crippen LogP contribution in [0.4, 0.5) is 10.6 Å². The van der Waals surface area contributed by atoms with E-state index in [1.165, 1.54) is 0 Å². The van der Waals surface area contributed by atoms with E-state index in [0.717, 1.165) is 0 Å². The zero-order valence-electron chi connectivity index (χ0n) is 20.0. The van der Waals surface area contributed by atoms with Crippen molar-refractivity contribution in [1.82, 2.24) is 14.5 Å². The summed E-state index contributed by atoms with van der Waals surface area (Å²) in [5.74, 6) is 0.986. The number of amides is 1. The molecule has 0 bridgehead atoms. The molecule has 1 fully saturated rings. The molecule has 0 radical (unpaired) electrons. The Balaban J connectivity index is 1.75. The van der Waals surface area contributed by atoms with Crippen LogP contribution in [0.3, 0.4) is 0 Å². The first-order chi connectivity index (χ1) is 15.9. The molecule has 9 nitrogen and oxygen atoms in total. The second-order valence-electron chi connectivity index (χ2n) is 9.96. The number of halogens is 2. The summed E-state index contributed by atoms with van der Waals surface area (Å²) in [6.45, 7) is 10.6. The van der Waals surface area contributed by atoms with Crippen LogP contribution < -0.4 is 15.3 Å². The number of ether oxygens (including phenoxy) is 2. The van der Waals surface area contributed by atoms with Gasteiger partial charge in [-0.15, -0.1) is 0 Å². The van der Waals surface area contributed by atoms with Crippen LogP contribution in [0, 0.1) is 0 Å². The molecule has 186 valence electrons. The molecule has 2 aliphatic rings. The molecular weight excluding hydrogens is 528 g/mol. The summed E-state index contributed by atoms with van der Waals surface area (Å²) in [6, 6.07) is 1.51. The summed E-state index contributed by atoms with van der Waals surface area (Å²) >= 11 is 10.0. The molecule has 1 aromatic carbocycles. The minimum Gasteiger partial charge on any atom is -0.485 e. The van der Waals surface area contributed by atoms with Gasteiger partial charge >= 0.3 is 11.8 Å². The lowest BCUT2D eigenvalue weighted by Crippen LogP contribution is -2.59. The summed E-state index contributed by atoms with van der Waals surface area (Å²) in [5, 5.41) is 10.5. The number of aliphatic hydroxyl groups excluding tert-OH is 1. The average Bonchev–Trinajstić information content (AvgIpc) is 2.74. The number of hydrogen-bond acceptors (Lipinski definition) is 7. The van der Waals surface area contributed by atoms with E-state index in [4.69, 9.17) is 21.1 Å². The number of piperazine rings is 1. The molecule has 0 saturated carbocycles. The Hall–Kier alpha value is -2.04. The predicted molar refractivity (Wildman–Crippen MR) is 134 cm³/mol. The van der Waals surface area contributed by atoms with Gasteiger partial charge in [-0.1, -0.05) is 11.6 Å². The third-order valence-electron chi connectivity index (χ3n) is 6.10. The highest BCUT2D eigenvalue weighted by Gasteiger charge is 2.37. The Labute approximate surface area is 211 Å². The van der Waals surface area contributed by atoms with Crippen molar-refractivity contribution in [2.75, 3.05) is 24.6 Å². The van der Waals surface area contributed by atoms with Gasteiger partial charge in [0.2, 0.25) is 0 Å². The second-order valence-corrected chi connectivity index (χ2v) is 11.2. The monoisotopic (exact) mass is 556 g/mol. The van der Waals surface area contributed by atoms with Gasteiger partial charge in [0.1, 0.15) is 23.0 Å². The van der Waals surface area contributed by atoms with Gasteiger partial charge in [-0.3, -0.25) is 4.57 Å². The normalized spacial score (nSPS) is 22.6. The van der Waals surface area contributed by atoms with Gasteiger partial charge in [-0.05, 0) is 56.6 Å². The van der Waals surface area contributed by atoms with Crippen molar-refractivity contribution in [3.05, 3.63) is 26.0 Å². The standard InChI is InChI=1S/C23H30BrClN4O5/c1-12-10-28(22(32)34-23(3,4)5)13(2)9-27(12)20-15-8-16(25)17(24)19-18(15)29(21(31)26-20)11-14(33-19)6-7-30/h8,12-14,30H,6-7,9-11H2,1-5H3/t12-,13+,14-/m0/s1. The maximum atomic E-state index is 13.2. The molecule has 34 heavy (non-hydrogen) atoms. The van der Waals surface area contributed by atoms with Crippen molar-refractivity contribution >= 4 is 50.3 Å². The van der Waals surface area contributed by atoms with Crippen LogP contribution in [0.2, 0.25) is 5.02 Å². The number of aliphatic hydroxyl groups is 1. The Morgan fingerprint density at radius 1 is 1.29 bits per heavy atom. The van der Waals surface area contributed by atoms with Crippen molar-refractivity contribution in [2.24, 2.45) is 0 Å². The van der Waals surface area contributed by atoms with E-state index in [1.807, 2.05) is 39.5 Å². The van der Waals surface area contributed by atoms with E-state index >= 15 is 0 Å². The zero-order chi connectivity index (χ0) is 24.9. The lowest BCUT2D eigenvalue weighted by Gasteiger charge is -2.45.